The number of fused-ring (bicyclic) bond motifs is 1. The molecule has 0 bridgehead atoms. The van der Waals surface area contributed by atoms with Gasteiger partial charge in [0, 0.05) is 15.8 Å². The molecular weight excluding hydrogens is 346 g/mol. The number of nitrogens with two attached hydrogens (primary N) is 1. The van der Waals surface area contributed by atoms with Crippen molar-refractivity contribution in [3.63, 3.8) is 0 Å². The fourth-order valence-corrected chi connectivity index (χ4v) is 3.25. The molecule has 128 valence electrons. The van der Waals surface area contributed by atoms with Crippen molar-refractivity contribution in [3.8, 4) is 5.75 Å². The molecule has 8 nitrogen and oxygen atoms in total. The molecule has 2 aromatic carbocycles. The van der Waals surface area contributed by atoms with Gasteiger partial charge in [0.15, 0.2) is 0 Å². The normalized spacial score (nSPS) is 11.3. The van der Waals surface area contributed by atoms with Gasteiger partial charge in [-0.05, 0) is 30.5 Å². The van der Waals surface area contributed by atoms with Gasteiger partial charge < -0.3 is 10.5 Å². The largest absolute Gasteiger partial charge is 0.496 e. The van der Waals surface area contributed by atoms with Crippen LogP contribution in [0.25, 0.3) is 10.8 Å². The van der Waals surface area contributed by atoms with E-state index in [1.807, 2.05) is 0 Å². The highest BCUT2D eigenvalue weighted by atomic mass is 32.2. The summed E-state index contributed by atoms with van der Waals surface area (Å²) in [5.41, 5.74) is 6.27. The maximum Gasteiger partial charge on any atom is 0.296 e. The molecule has 0 heterocycles. The summed E-state index contributed by atoms with van der Waals surface area (Å²) >= 11 is 0.714. The van der Waals surface area contributed by atoms with Gasteiger partial charge in [-0.2, -0.15) is 8.42 Å². The zero-order chi connectivity index (χ0) is 16.5. The Morgan fingerprint density at radius 2 is 1.91 bits per heavy atom. The second kappa shape index (κ2) is 7.34. The first-order valence-corrected chi connectivity index (χ1v) is 8.00. The quantitative estimate of drug-likeness (QED) is 0.241. The fourth-order valence-electron chi connectivity index (χ4n) is 2.12. The maximum atomic E-state index is 11.3. The van der Waals surface area contributed by atoms with Gasteiger partial charge in [-0.1, -0.05) is 12.5 Å². The van der Waals surface area contributed by atoms with Gasteiger partial charge >= 0.3 is 0 Å². The fraction of sp³-hybridized carbons (Fsp3) is 0.231. The van der Waals surface area contributed by atoms with Crippen molar-refractivity contribution in [1.29, 1.82) is 0 Å². The summed E-state index contributed by atoms with van der Waals surface area (Å²) in [5.74, 6) is 0.454. The van der Waals surface area contributed by atoms with E-state index in [0.29, 0.717) is 39.0 Å². The standard InChI is InChI=1S/C12H13NO7S2.CH4/c1-6-10(21-20-19-14)3-7-4-11(22(15,16)17)9(13)5-8(7)12(6)18-2;/h3-5,14H,13H2,1-2H3,(H,15,16,17);1H4. The highest BCUT2D eigenvalue weighted by molar-refractivity contribution is 7.94. The number of rotatable bonds is 5. The maximum absolute atomic E-state index is 11.3. The predicted octanol–water partition coefficient (Wildman–Crippen LogP) is 3.05. The molecular formula is C13H17NO7S2. The van der Waals surface area contributed by atoms with Crippen LogP contribution in [0.3, 0.4) is 0 Å². The van der Waals surface area contributed by atoms with E-state index in [4.69, 9.17) is 15.7 Å². The van der Waals surface area contributed by atoms with Crippen molar-refractivity contribution in [2.24, 2.45) is 0 Å². The second-order valence-electron chi connectivity index (χ2n) is 4.35. The third-order valence-corrected chi connectivity index (χ3v) is 4.70. The van der Waals surface area contributed by atoms with Crippen molar-refractivity contribution < 1.29 is 32.3 Å². The molecule has 2 aromatic rings. The lowest BCUT2D eigenvalue weighted by Gasteiger charge is -2.14. The average molecular weight is 363 g/mol. The van der Waals surface area contributed by atoms with Crippen LogP contribution < -0.4 is 10.5 Å². The SMILES string of the molecule is C.COc1c(C)c(SOOO)cc2cc(S(=O)(=O)O)c(N)cc12. The second-order valence-corrected chi connectivity index (χ2v) is 6.48. The molecule has 0 amide bonds. The molecule has 0 radical (unpaired) electrons. The number of nitrogen functional groups attached to an aromatic ring is 1. The van der Waals surface area contributed by atoms with Crippen LogP contribution in [-0.2, 0) is 19.5 Å². The van der Waals surface area contributed by atoms with Crippen LogP contribution in [0.1, 0.15) is 13.0 Å². The van der Waals surface area contributed by atoms with Crippen LogP contribution in [0.15, 0.2) is 28.0 Å². The minimum Gasteiger partial charge on any atom is -0.496 e. The Hall–Kier alpha value is -1.56. The Balaban J connectivity index is 0.00000264. The van der Waals surface area contributed by atoms with E-state index in [1.54, 1.807) is 13.0 Å². The zero-order valence-corrected chi connectivity index (χ0v) is 13.2. The minimum absolute atomic E-state index is 0. The van der Waals surface area contributed by atoms with Crippen LogP contribution in [0.4, 0.5) is 5.69 Å². The lowest BCUT2D eigenvalue weighted by atomic mass is 10.1. The molecule has 0 atom stereocenters. The Bertz CT molecular complexity index is 821. The van der Waals surface area contributed by atoms with E-state index < -0.39 is 15.0 Å². The number of ether oxygens (including phenoxy) is 1. The molecule has 0 saturated heterocycles. The summed E-state index contributed by atoms with van der Waals surface area (Å²) in [6.07, 6.45) is 0. The zero-order valence-electron chi connectivity index (χ0n) is 11.6. The Kier molecular flexibility index (Phi) is 6.22. The number of anilines is 1. The van der Waals surface area contributed by atoms with Gasteiger partial charge in [-0.25, -0.2) is 5.26 Å². The monoisotopic (exact) mass is 363 g/mol. The number of hydrogen-bond donors (Lipinski definition) is 3. The van der Waals surface area contributed by atoms with Gasteiger partial charge in [0.1, 0.15) is 10.6 Å². The van der Waals surface area contributed by atoms with E-state index in [-0.39, 0.29) is 13.1 Å². The lowest BCUT2D eigenvalue weighted by Crippen LogP contribution is -2.03. The molecule has 0 aliphatic carbocycles. The molecule has 23 heavy (non-hydrogen) atoms. The molecule has 0 aromatic heterocycles. The van der Waals surface area contributed by atoms with E-state index in [1.165, 1.54) is 19.2 Å². The van der Waals surface area contributed by atoms with Gasteiger partial charge in [-0.15, -0.1) is 4.33 Å². The van der Waals surface area contributed by atoms with Crippen LogP contribution in [-0.4, -0.2) is 25.3 Å². The Morgan fingerprint density at radius 3 is 2.43 bits per heavy atom. The molecule has 4 N–H and O–H groups in total. The van der Waals surface area contributed by atoms with Crippen LogP contribution >= 0.6 is 12.0 Å². The first-order chi connectivity index (χ1) is 10.3. The molecule has 10 heteroatoms. The van der Waals surface area contributed by atoms with E-state index in [9.17, 15) is 13.0 Å². The first kappa shape index (κ1) is 19.5. The van der Waals surface area contributed by atoms with Crippen LogP contribution in [0.2, 0.25) is 0 Å². The van der Waals surface area contributed by atoms with Crippen molar-refractivity contribution in [2.45, 2.75) is 24.1 Å². The predicted molar refractivity (Wildman–Crippen MR) is 86.9 cm³/mol. The molecule has 0 fully saturated rings. The Labute approximate surface area is 138 Å². The Morgan fingerprint density at radius 1 is 1.26 bits per heavy atom. The topological polar surface area (TPSA) is 128 Å². The smallest absolute Gasteiger partial charge is 0.296 e. The third kappa shape index (κ3) is 3.86. The summed E-state index contributed by atoms with van der Waals surface area (Å²) in [5, 5.41) is 12.8. The minimum atomic E-state index is -4.45. The molecule has 2 rings (SSSR count). The molecule has 0 unspecified atom stereocenters. The van der Waals surface area contributed by atoms with E-state index in [0.717, 1.165) is 0 Å². The number of methoxy groups -OCH3 is 1. The van der Waals surface area contributed by atoms with Gasteiger partial charge in [-0.3, -0.25) is 4.55 Å². The molecule has 0 aliphatic rings. The van der Waals surface area contributed by atoms with Gasteiger partial charge in [0.2, 0.25) is 0 Å². The van der Waals surface area contributed by atoms with Gasteiger partial charge in [0.25, 0.3) is 10.1 Å². The summed E-state index contributed by atoms with van der Waals surface area (Å²) in [6, 6.07) is 4.22. The first-order valence-electron chi connectivity index (χ1n) is 5.82. The molecule has 0 aliphatic heterocycles. The van der Waals surface area contributed by atoms with E-state index in [2.05, 4.69) is 9.37 Å². The van der Waals surface area contributed by atoms with E-state index >= 15 is 0 Å². The van der Waals surface area contributed by atoms with Crippen LogP contribution in [0.5, 0.6) is 5.75 Å². The summed E-state index contributed by atoms with van der Waals surface area (Å²) in [6.45, 7) is 1.74. The summed E-state index contributed by atoms with van der Waals surface area (Å²) in [4.78, 5) is 0.116. The molecule has 0 spiro atoms. The lowest BCUT2D eigenvalue weighted by molar-refractivity contribution is -0.432. The summed E-state index contributed by atoms with van der Waals surface area (Å²) < 4.78 is 41.6. The number of hydrogen-bond acceptors (Lipinski definition) is 8. The average Bonchev–Trinajstić information content (AvgIpc) is 2.44. The highest BCUT2D eigenvalue weighted by Gasteiger charge is 2.19. The van der Waals surface area contributed by atoms with Crippen LogP contribution in [0, 0.1) is 6.92 Å². The van der Waals surface area contributed by atoms with Crippen molar-refractivity contribution in [2.75, 3.05) is 12.8 Å². The third-order valence-electron chi connectivity index (χ3n) is 3.06. The van der Waals surface area contributed by atoms with Crippen molar-refractivity contribution >= 4 is 38.6 Å². The highest BCUT2D eigenvalue weighted by Crippen LogP contribution is 2.39. The summed E-state index contributed by atoms with van der Waals surface area (Å²) in [7, 11) is -3.00. The van der Waals surface area contributed by atoms with Crippen molar-refractivity contribution in [3.05, 3.63) is 23.8 Å². The van der Waals surface area contributed by atoms with Gasteiger partial charge in [0.05, 0.1) is 24.8 Å². The van der Waals surface area contributed by atoms with Crippen molar-refractivity contribution in [1.82, 2.24) is 0 Å². The number of benzene rings is 2. The molecule has 0 saturated carbocycles.